The average molecular weight is 326 g/mol. The third kappa shape index (κ3) is 3.39. The van der Waals surface area contributed by atoms with Crippen molar-refractivity contribution in [2.45, 2.75) is 4.90 Å². The maximum atomic E-state index is 12.3. The van der Waals surface area contributed by atoms with Gasteiger partial charge in [0.15, 0.2) is 0 Å². The molecule has 0 saturated heterocycles. The van der Waals surface area contributed by atoms with Gasteiger partial charge < -0.3 is 0 Å². The molecule has 23 heavy (non-hydrogen) atoms. The number of hydrogen-bond donors (Lipinski definition) is 2. The number of benzene rings is 3. The first kappa shape index (κ1) is 15.2. The molecule has 3 aromatic rings. The van der Waals surface area contributed by atoms with Gasteiger partial charge in [0.25, 0.3) is 15.9 Å². The second-order valence-electron chi connectivity index (χ2n) is 4.93. The van der Waals surface area contributed by atoms with Gasteiger partial charge in [-0.1, -0.05) is 48.5 Å². The Morgan fingerprint density at radius 3 is 2.17 bits per heavy atom. The Hall–Kier alpha value is -2.70. The molecule has 116 valence electrons. The Morgan fingerprint density at radius 1 is 0.783 bits per heavy atom. The lowest BCUT2D eigenvalue weighted by Gasteiger charge is -2.09. The van der Waals surface area contributed by atoms with E-state index in [4.69, 9.17) is 0 Å². The van der Waals surface area contributed by atoms with E-state index in [2.05, 4.69) is 10.3 Å². The molecule has 0 bridgehead atoms. The van der Waals surface area contributed by atoms with E-state index in [0.29, 0.717) is 5.56 Å². The Morgan fingerprint density at radius 2 is 1.43 bits per heavy atom. The molecule has 0 spiro atoms. The molecule has 0 saturated carbocycles. The molecule has 3 aromatic carbocycles. The van der Waals surface area contributed by atoms with Crippen molar-refractivity contribution in [2.75, 3.05) is 0 Å². The number of fused-ring (bicyclic) bond motifs is 1. The number of hydrazine groups is 1. The van der Waals surface area contributed by atoms with Gasteiger partial charge in [-0.3, -0.25) is 10.2 Å². The smallest absolute Gasteiger partial charge is 0.266 e. The number of sulfonamides is 1. The van der Waals surface area contributed by atoms with Crippen molar-refractivity contribution < 1.29 is 13.2 Å². The fourth-order valence-electron chi connectivity index (χ4n) is 2.17. The maximum Gasteiger partial charge on any atom is 0.266 e. The van der Waals surface area contributed by atoms with Crippen LogP contribution in [0.2, 0.25) is 0 Å². The molecule has 3 rings (SSSR count). The molecule has 0 aliphatic carbocycles. The maximum absolute atomic E-state index is 12.3. The lowest BCUT2D eigenvalue weighted by Crippen LogP contribution is -2.41. The lowest BCUT2D eigenvalue weighted by atomic mass is 10.1. The summed E-state index contributed by atoms with van der Waals surface area (Å²) in [4.78, 5) is 14.1. The first-order chi connectivity index (χ1) is 11.1. The summed E-state index contributed by atoms with van der Waals surface area (Å²) in [6, 6.07) is 20.6. The minimum Gasteiger partial charge on any atom is -0.273 e. The van der Waals surface area contributed by atoms with Crippen LogP contribution >= 0.6 is 0 Å². The van der Waals surface area contributed by atoms with Crippen molar-refractivity contribution in [1.29, 1.82) is 0 Å². The summed E-state index contributed by atoms with van der Waals surface area (Å²) in [7, 11) is -3.84. The van der Waals surface area contributed by atoms with Gasteiger partial charge in [-0.05, 0) is 35.0 Å². The third-order valence-electron chi connectivity index (χ3n) is 3.37. The van der Waals surface area contributed by atoms with Crippen LogP contribution in [-0.4, -0.2) is 14.3 Å². The molecule has 5 nitrogen and oxygen atoms in total. The summed E-state index contributed by atoms with van der Waals surface area (Å²) >= 11 is 0. The molecular weight excluding hydrogens is 312 g/mol. The highest BCUT2D eigenvalue weighted by atomic mass is 32.2. The monoisotopic (exact) mass is 326 g/mol. The van der Waals surface area contributed by atoms with E-state index in [1.54, 1.807) is 42.5 Å². The zero-order valence-corrected chi connectivity index (χ0v) is 12.9. The topological polar surface area (TPSA) is 75.3 Å². The zero-order valence-electron chi connectivity index (χ0n) is 12.1. The summed E-state index contributed by atoms with van der Waals surface area (Å²) in [6.07, 6.45) is 0. The largest absolute Gasteiger partial charge is 0.273 e. The van der Waals surface area contributed by atoms with Gasteiger partial charge in [-0.2, -0.15) is 0 Å². The summed E-state index contributed by atoms with van der Waals surface area (Å²) in [5.41, 5.74) is 2.58. The molecule has 0 aliphatic heterocycles. The van der Waals surface area contributed by atoms with Crippen LogP contribution in [-0.2, 0) is 10.0 Å². The van der Waals surface area contributed by atoms with Crippen molar-refractivity contribution in [3.63, 3.8) is 0 Å². The highest BCUT2D eigenvalue weighted by molar-refractivity contribution is 7.89. The normalized spacial score (nSPS) is 11.3. The van der Waals surface area contributed by atoms with Crippen LogP contribution < -0.4 is 10.3 Å². The molecule has 0 unspecified atom stereocenters. The van der Waals surface area contributed by atoms with Crippen LogP contribution in [0.3, 0.4) is 0 Å². The SMILES string of the molecule is O=C(NNS(=O)(=O)c1ccc2ccccc2c1)c1ccccc1. The Balaban J connectivity index is 1.79. The van der Waals surface area contributed by atoms with Crippen LogP contribution in [0.4, 0.5) is 0 Å². The number of carbonyl (C=O) groups excluding carboxylic acids is 1. The third-order valence-corrected chi connectivity index (χ3v) is 4.61. The van der Waals surface area contributed by atoms with Gasteiger partial charge in [0, 0.05) is 5.56 Å². The van der Waals surface area contributed by atoms with Crippen LogP contribution in [0.25, 0.3) is 10.8 Å². The van der Waals surface area contributed by atoms with Gasteiger partial charge in [0.05, 0.1) is 4.90 Å². The van der Waals surface area contributed by atoms with E-state index in [0.717, 1.165) is 10.8 Å². The van der Waals surface area contributed by atoms with Crippen LogP contribution in [0.5, 0.6) is 0 Å². The number of hydrogen-bond acceptors (Lipinski definition) is 3. The van der Waals surface area contributed by atoms with Crippen LogP contribution in [0, 0.1) is 0 Å². The van der Waals surface area contributed by atoms with Gasteiger partial charge in [-0.25, -0.2) is 8.42 Å². The number of carbonyl (C=O) groups is 1. The summed E-state index contributed by atoms with van der Waals surface area (Å²) < 4.78 is 24.6. The Labute approximate surface area is 134 Å². The predicted octanol–water partition coefficient (Wildman–Crippen LogP) is 2.46. The molecular formula is C17H14N2O3S. The molecule has 0 aliphatic rings. The van der Waals surface area contributed by atoms with Gasteiger partial charge >= 0.3 is 0 Å². The summed E-state index contributed by atoms with van der Waals surface area (Å²) in [5.74, 6) is -0.519. The van der Waals surface area contributed by atoms with Crippen molar-refractivity contribution >= 4 is 26.7 Å². The molecule has 6 heteroatoms. The average Bonchev–Trinajstić information content (AvgIpc) is 2.60. The first-order valence-electron chi connectivity index (χ1n) is 6.92. The second-order valence-corrected chi connectivity index (χ2v) is 6.62. The minimum atomic E-state index is -3.84. The Kier molecular flexibility index (Phi) is 4.10. The number of rotatable bonds is 4. The highest BCUT2D eigenvalue weighted by Gasteiger charge is 2.16. The van der Waals surface area contributed by atoms with E-state index in [1.807, 2.05) is 24.3 Å². The van der Waals surface area contributed by atoms with Crippen molar-refractivity contribution in [1.82, 2.24) is 10.3 Å². The van der Waals surface area contributed by atoms with Gasteiger partial charge in [0.1, 0.15) is 0 Å². The highest BCUT2D eigenvalue weighted by Crippen LogP contribution is 2.18. The molecule has 0 radical (unpaired) electrons. The van der Waals surface area contributed by atoms with E-state index >= 15 is 0 Å². The van der Waals surface area contributed by atoms with Crippen molar-refractivity contribution in [3.05, 3.63) is 78.4 Å². The zero-order chi connectivity index (χ0) is 16.3. The minimum absolute atomic E-state index is 0.0876. The molecule has 0 fully saturated rings. The van der Waals surface area contributed by atoms with Crippen molar-refractivity contribution in [2.24, 2.45) is 0 Å². The fourth-order valence-corrected chi connectivity index (χ4v) is 3.04. The predicted molar refractivity (Wildman–Crippen MR) is 88.2 cm³/mol. The van der Waals surface area contributed by atoms with Crippen LogP contribution in [0.15, 0.2) is 77.7 Å². The number of nitrogens with one attached hydrogen (secondary N) is 2. The van der Waals surface area contributed by atoms with Crippen LogP contribution in [0.1, 0.15) is 10.4 Å². The molecule has 0 heterocycles. The van der Waals surface area contributed by atoms with Gasteiger partial charge in [0.2, 0.25) is 0 Å². The first-order valence-corrected chi connectivity index (χ1v) is 8.40. The molecule has 0 aromatic heterocycles. The van der Waals surface area contributed by atoms with E-state index in [-0.39, 0.29) is 4.90 Å². The molecule has 2 N–H and O–H groups in total. The van der Waals surface area contributed by atoms with Gasteiger partial charge in [-0.15, -0.1) is 4.83 Å². The van der Waals surface area contributed by atoms with E-state index < -0.39 is 15.9 Å². The van der Waals surface area contributed by atoms with E-state index in [1.165, 1.54) is 6.07 Å². The lowest BCUT2D eigenvalue weighted by molar-refractivity contribution is 0.0945. The molecule has 1 amide bonds. The molecule has 0 atom stereocenters. The Bertz CT molecular complexity index is 954. The quantitative estimate of drug-likeness (QED) is 0.723. The van der Waals surface area contributed by atoms with E-state index in [9.17, 15) is 13.2 Å². The van der Waals surface area contributed by atoms with Crippen molar-refractivity contribution in [3.8, 4) is 0 Å². The summed E-state index contributed by atoms with van der Waals surface area (Å²) in [5, 5.41) is 1.75. The summed E-state index contributed by atoms with van der Waals surface area (Å²) in [6.45, 7) is 0. The standard InChI is InChI=1S/C17H14N2O3S/c20-17(14-7-2-1-3-8-14)18-19-23(21,22)16-11-10-13-6-4-5-9-15(13)12-16/h1-12,19H,(H,18,20). The fraction of sp³-hybridized carbons (Fsp3) is 0. The number of amides is 1. The second kappa shape index (κ2) is 6.20.